The third-order valence-electron chi connectivity index (χ3n) is 6.95. The second-order valence-electron chi connectivity index (χ2n) is 10.1. The molecule has 3 aromatic carbocycles. The van der Waals surface area contributed by atoms with E-state index < -0.39 is 0 Å². The molecular formula is C31H34N4O3. The summed E-state index contributed by atoms with van der Waals surface area (Å²) in [6.07, 6.45) is 2.06. The highest BCUT2D eigenvalue weighted by atomic mass is 16.5. The second-order valence-corrected chi connectivity index (χ2v) is 10.1. The first kappa shape index (κ1) is 25.5. The van der Waals surface area contributed by atoms with Gasteiger partial charge < -0.3 is 19.5 Å². The van der Waals surface area contributed by atoms with Crippen molar-refractivity contribution >= 4 is 11.9 Å². The van der Waals surface area contributed by atoms with Crippen molar-refractivity contribution in [1.29, 1.82) is 0 Å². The van der Waals surface area contributed by atoms with E-state index in [0.29, 0.717) is 30.6 Å². The lowest BCUT2D eigenvalue weighted by atomic mass is 9.98. The Morgan fingerprint density at radius 2 is 1.63 bits per heavy atom. The predicted molar refractivity (Wildman–Crippen MR) is 148 cm³/mol. The van der Waals surface area contributed by atoms with Crippen LogP contribution in [-0.2, 0) is 6.54 Å². The van der Waals surface area contributed by atoms with E-state index in [4.69, 9.17) is 9.26 Å². The van der Waals surface area contributed by atoms with Gasteiger partial charge in [-0.1, -0.05) is 73.6 Å². The lowest BCUT2D eigenvalue weighted by Gasteiger charge is -2.30. The number of amides is 1. The third-order valence-corrected chi connectivity index (χ3v) is 6.95. The maximum Gasteiger partial charge on any atom is 0.324 e. The largest absolute Gasteiger partial charge is 0.493 e. The van der Waals surface area contributed by atoms with Gasteiger partial charge in [-0.05, 0) is 59.7 Å². The molecule has 1 saturated heterocycles. The van der Waals surface area contributed by atoms with E-state index in [1.807, 2.05) is 66.7 Å². The van der Waals surface area contributed by atoms with Gasteiger partial charge in [-0.3, -0.25) is 4.79 Å². The number of hydrogen-bond acceptors (Lipinski definition) is 6. The number of rotatable bonds is 9. The monoisotopic (exact) mass is 510 g/mol. The number of aromatic nitrogens is 2. The van der Waals surface area contributed by atoms with Crippen molar-refractivity contribution in [2.75, 3.05) is 24.6 Å². The van der Waals surface area contributed by atoms with E-state index in [9.17, 15) is 4.79 Å². The molecule has 5 rings (SSSR count). The molecule has 2 heterocycles. The summed E-state index contributed by atoms with van der Waals surface area (Å²) in [5, 5.41) is 7.04. The standard InChI is InChI=1S/C31H34N4O3/c1-22(2)29-33-31(38-34-29)35-18-16-24(17-19-35)21-37-28-14-12-26(13-15-28)25-8-10-27(11-9-25)30(36)32-20-23-6-4-3-5-7-23/h3-15,22,24H,16-21H2,1-2H3,(H,32,36). The molecule has 1 amide bonds. The van der Waals surface area contributed by atoms with Crippen molar-refractivity contribution in [1.82, 2.24) is 15.5 Å². The fourth-order valence-electron chi connectivity index (χ4n) is 4.53. The van der Waals surface area contributed by atoms with E-state index in [0.717, 1.165) is 54.2 Å². The Morgan fingerprint density at radius 3 is 2.26 bits per heavy atom. The van der Waals surface area contributed by atoms with Gasteiger partial charge in [0.1, 0.15) is 5.75 Å². The fraction of sp³-hybridized carbons (Fsp3) is 0.323. The summed E-state index contributed by atoms with van der Waals surface area (Å²) >= 11 is 0. The number of piperidine rings is 1. The number of anilines is 1. The summed E-state index contributed by atoms with van der Waals surface area (Å²) in [5.74, 6) is 2.31. The lowest BCUT2D eigenvalue weighted by molar-refractivity contribution is 0.0951. The smallest absolute Gasteiger partial charge is 0.324 e. The van der Waals surface area contributed by atoms with Crippen LogP contribution in [0.15, 0.2) is 83.4 Å². The molecule has 0 atom stereocenters. The summed E-state index contributed by atoms with van der Waals surface area (Å²) in [7, 11) is 0. The van der Waals surface area contributed by atoms with Crippen LogP contribution in [0.3, 0.4) is 0 Å². The first-order valence-electron chi connectivity index (χ1n) is 13.3. The highest BCUT2D eigenvalue weighted by Crippen LogP contribution is 2.26. The first-order chi connectivity index (χ1) is 18.5. The van der Waals surface area contributed by atoms with Crippen molar-refractivity contribution < 1.29 is 14.1 Å². The Hall–Kier alpha value is -4.13. The van der Waals surface area contributed by atoms with Crippen LogP contribution in [0.1, 0.15) is 54.4 Å². The van der Waals surface area contributed by atoms with Crippen LogP contribution in [0.5, 0.6) is 5.75 Å². The average molecular weight is 511 g/mol. The molecule has 4 aromatic rings. The van der Waals surface area contributed by atoms with E-state index in [1.54, 1.807) is 0 Å². The van der Waals surface area contributed by atoms with Crippen LogP contribution in [0, 0.1) is 5.92 Å². The minimum atomic E-state index is -0.0765. The predicted octanol–water partition coefficient (Wildman–Crippen LogP) is 6.09. The average Bonchev–Trinajstić information content (AvgIpc) is 3.47. The number of nitrogens with one attached hydrogen (secondary N) is 1. The zero-order valence-electron chi connectivity index (χ0n) is 22.0. The maximum atomic E-state index is 12.5. The number of ether oxygens (including phenoxy) is 1. The molecule has 1 aromatic heterocycles. The highest BCUT2D eigenvalue weighted by Gasteiger charge is 2.24. The molecule has 38 heavy (non-hydrogen) atoms. The van der Waals surface area contributed by atoms with Crippen LogP contribution in [0.25, 0.3) is 11.1 Å². The van der Waals surface area contributed by atoms with Crippen LogP contribution < -0.4 is 15.0 Å². The van der Waals surface area contributed by atoms with Crippen molar-refractivity contribution in [2.45, 2.75) is 39.2 Å². The summed E-state index contributed by atoms with van der Waals surface area (Å²) in [6, 6.07) is 26.4. The van der Waals surface area contributed by atoms with Gasteiger partial charge in [0.15, 0.2) is 5.82 Å². The van der Waals surface area contributed by atoms with Gasteiger partial charge in [-0.2, -0.15) is 4.98 Å². The molecule has 0 bridgehead atoms. The van der Waals surface area contributed by atoms with Crippen molar-refractivity contribution in [2.24, 2.45) is 5.92 Å². The van der Waals surface area contributed by atoms with Crippen molar-refractivity contribution in [3.05, 3.63) is 95.8 Å². The van der Waals surface area contributed by atoms with Crippen LogP contribution in [0.2, 0.25) is 0 Å². The van der Waals surface area contributed by atoms with Crippen LogP contribution >= 0.6 is 0 Å². The SMILES string of the molecule is CC(C)c1noc(N2CCC(COc3ccc(-c4ccc(C(=O)NCc5ccccc5)cc4)cc3)CC2)n1. The minimum Gasteiger partial charge on any atom is -0.493 e. The van der Waals surface area contributed by atoms with E-state index >= 15 is 0 Å². The molecule has 7 heteroatoms. The Bertz CT molecular complexity index is 1310. The molecular weight excluding hydrogens is 476 g/mol. The third kappa shape index (κ3) is 6.40. The van der Waals surface area contributed by atoms with E-state index in [-0.39, 0.29) is 11.8 Å². The molecule has 196 valence electrons. The number of carbonyl (C=O) groups is 1. The summed E-state index contributed by atoms with van der Waals surface area (Å²) in [6.45, 7) is 7.13. The van der Waals surface area contributed by atoms with Gasteiger partial charge in [0, 0.05) is 31.1 Å². The molecule has 0 radical (unpaired) electrons. The zero-order valence-corrected chi connectivity index (χ0v) is 22.0. The number of carbonyl (C=O) groups excluding carboxylic acids is 1. The van der Waals surface area contributed by atoms with Gasteiger partial charge in [-0.25, -0.2) is 0 Å². The molecule has 0 aliphatic carbocycles. The molecule has 1 aliphatic rings. The molecule has 1 fully saturated rings. The maximum absolute atomic E-state index is 12.5. The first-order valence-corrected chi connectivity index (χ1v) is 13.3. The molecule has 0 unspecified atom stereocenters. The van der Waals surface area contributed by atoms with E-state index in [2.05, 4.69) is 46.3 Å². The van der Waals surface area contributed by atoms with E-state index in [1.165, 1.54) is 0 Å². The Balaban J connectivity index is 1.08. The Morgan fingerprint density at radius 1 is 0.974 bits per heavy atom. The minimum absolute atomic E-state index is 0.0765. The van der Waals surface area contributed by atoms with Crippen molar-refractivity contribution in [3.63, 3.8) is 0 Å². The van der Waals surface area contributed by atoms with Crippen molar-refractivity contribution in [3.8, 4) is 16.9 Å². The molecule has 1 aliphatic heterocycles. The number of nitrogens with zero attached hydrogens (tertiary/aromatic N) is 3. The summed E-state index contributed by atoms with van der Waals surface area (Å²) in [5.41, 5.74) is 3.87. The van der Waals surface area contributed by atoms with Gasteiger partial charge in [0.2, 0.25) is 0 Å². The Kier molecular flexibility index (Phi) is 8.02. The van der Waals surface area contributed by atoms with Gasteiger partial charge in [0.05, 0.1) is 6.61 Å². The van der Waals surface area contributed by atoms with Crippen LogP contribution in [0.4, 0.5) is 6.01 Å². The Labute approximate surface area is 223 Å². The fourth-order valence-corrected chi connectivity index (χ4v) is 4.53. The molecule has 1 N–H and O–H groups in total. The molecule has 0 saturated carbocycles. The van der Waals surface area contributed by atoms with Gasteiger partial charge in [0.25, 0.3) is 5.91 Å². The molecule has 7 nitrogen and oxygen atoms in total. The topological polar surface area (TPSA) is 80.5 Å². The second kappa shape index (κ2) is 11.9. The van der Waals surface area contributed by atoms with Gasteiger partial charge in [-0.15, -0.1) is 0 Å². The van der Waals surface area contributed by atoms with Crippen LogP contribution in [-0.4, -0.2) is 35.7 Å². The summed E-state index contributed by atoms with van der Waals surface area (Å²) in [4.78, 5) is 19.2. The number of hydrogen-bond donors (Lipinski definition) is 1. The quantitative estimate of drug-likeness (QED) is 0.294. The molecule has 0 spiro atoms. The zero-order chi connectivity index (χ0) is 26.3. The normalized spacial score (nSPS) is 14.0. The lowest BCUT2D eigenvalue weighted by Crippen LogP contribution is -2.35. The number of benzene rings is 3. The summed E-state index contributed by atoms with van der Waals surface area (Å²) < 4.78 is 11.5. The van der Waals surface area contributed by atoms with Gasteiger partial charge >= 0.3 is 6.01 Å². The highest BCUT2D eigenvalue weighted by molar-refractivity contribution is 5.94.